The second-order valence-electron chi connectivity index (χ2n) is 4.34. The van der Waals surface area contributed by atoms with Crippen molar-refractivity contribution < 1.29 is 19.3 Å². The highest BCUT2D eigenvalue weighted by Gasteiger charge is 2.24. The lowest BCUT2D eigenvalue weighted by atomic mass is 9.98. The lowest BCUT2D eigenvalue weighted by Crippen LogP contribution is -2.25. The van der Waals surface area contributed by atoms with Crippen molar-refractivity contribution in [3.8, 4) is 17.2 Å². The standard InChI is InChI=1S/C13H19NO4/c1-3-4-9(15)12(14)8-5-10(16-2)13-11(6-8)17-7-18-13/h5-6,9,12,15H,3-4,7,14H2,1-2H3/t9-,12+/m1/s1. The van der Waals surface area contributed by atoms with Gasteiger partial charge in [0.15, 0.2) is 11.5 Å². The van der Waals surface area contributed by atoms with E-state index >= 15 is 0 Å². The average Bonchev–Trinajstić information content (AvgIpc) is 2.85. The molecule has 1 aliphatic heterocycles. The summed E-state index contributed by atoms with van der Waals surface area (Å²) in [6, 6.07) is 3.14. The van der Waals surface area contributed by atoms with E-state index in [1.165, 1.54) is 0 Å². The summed E-state index contributed by atoms with van der Waals surface area (Å²) in [5.41, 5.74) is 6.83. The Morgan fingerprint density at radius 3 is 2.89 bits per heavy atom. The van der Waals surface area contributed by atoms with E-state index in [1.807, 2.05) is 6.92 Å². The minimum Gasteiger partial charge on any atom is -0.493 e. The van der Waals surface area contributed by atoms with Crippen molar-refractivity contribution in [3.63, 3.8) is 0 Å². The van der Waals surface area contributed by atoms with Gasteiger partial charge in [0.2, 0.25) is 12.5 Å². The molecule has 2 atom stereocenters. The SMILES string of the molecule is CCC[C@@H](O)[C@@H](N)c1cc(OC)c2c(c1)OCO2. The van der Waals surface area contributed by atoms with Crippen molar-refractivity contribution >= 4 is 0 Å². The Balaban J connectivity index is 2.28. The molecule has 1 aromatic carbocycles. The quantitative estimate of drug-likeness (QED) is 0.833. The van der Waals surface area contributed by atoms with Gasteiger partial charge in [0, 0.05) is 0 Å². The first-order chi connectivity index (χ1) is 8.67. The minimum atomic E-state index is -0.569. The van der Waals surface area contributed by atoms with Crippen molar-refractivity contribution in [3.05, 3.63) is 17.7 Å². The third-order valence-corrected chi connectivity index (χ3v) is 3.06. The van der Waals surface area contributed by atoms with E-state index in [0.717, 1.165) is 12.0 Å². The second kappa shape index (κ2) is 5.46. The molecule has 0 amide bonds. The maximum absolute atomic E-state index is 9.95. The van der Waals surface area contributed by atoms with Crippen LogP contribution >= 0.6 is 0 Å². The molecule has 0 aromatic heterocycles. The van der Waals surface area contributed by atoms with E-state index in [-0.39, 0.29) is 6.79 Å². The molecule has 3 N–H and O–H groups in total. The highest BCUT2D eigenvalue weighted by Crippen LogP contribution is 2.43. The summed E-state index contributed by atoms with van der Waals surface area (Å²) >= 11 is 0. The third-order valence-electron chi connectivity index (χ3n) is 3.06. The summed E-state index contributed by atoms with van der Waals surface area (Å²) in [6.07, 6.45) is 0.981. The Hall–Kier alpha value is -1.46. The molecule has 1 aromatic rings. The molecule has 5 nitrogen and oxygen atoms in total. The first kappa shape index (κ1) is 13.0. The first-order valence-electron chi connectivity index (χ1n) is 6.08. The Morgan fingerprint density at radius 2 is 2.22 bits per heavy atom. The third kappa shape index (κ3) is 2.37. The van der Waals surface area contributed by atoms with Gasteiger partial charge < -0.3 is 25.1 Å². The molecule has 1 aliphatic rings. The maximum atomic E-state index is 9.95. The van der Waals surface area contributed by atoms with E-state index in [4.69, 9.17) is 19.9 Å². The van der Waals surface area contributed by atoms with Crippen LogP contribution in [0, 0.1) is 0 Å². The Morgan fingerprint density at radius 1 is 1.44 bits per heavy atom. The fourth-order valence-corrected chi connectivity index (χ4v) is 2.04. The molecule has 100 valence electrons. The summed E-state index contributed by atoms with van der Waals surface area (Å²) < 4.78 is 15.9. The highest BCUT2D eigenvalue weighted by molar-refractivity contribution is 5.55. The van der Waals surface area contributed by atoms with Gasteiger partial charge in [-0.3, -0.25) is 0 Å². The van der Waals surface area contributed by atoms with Crippen LogP contribution in [0.4, 0.5) is 0 Å². The van der Waals surface area contributed by atoms with Crippen LogP contribution in [0.5, 0.6) is 17.2 Å². The van der Waals surface area contributed by atoms with E-state index in [2.05, 4.69) is 0 Å². The second-order valence-corrected chi connectivity index (χ2v) is 4.34. The molecule has 5 heteroatoms. The van der Waals surface area contributed by atoms with Gasteiger partial charge in [-0.05, 0) is 24.1 Å². The topological polar surface area (TPSA) is 73.9 Å². The number of ether oxygens (including phenoxy) is 3. The number of hydrogen-bond acceptors (Lipinski definition) is 5. The number of aliphatic hydroxyl groups excluding tert-OH is 1. The van der Waals surface area contributed by atoms with Crippen LogP contribution in [0.2, 0.25) is 0 Å². The first-order valence-corrected chi connectivity index (χ1v) is 6.08. The molecule has 0 radical (unpaired) electrons. The Labute approximate surface area is 106 Å². The van der Waals surface area contributed by atoms with Crippen LogP contribution in [0.15, 0.2) is 12.1 Å². The zero-order valence-corrected chi connectivity index (χ0v) is 10.7. The van der Waals surface area contributed by atoms with Crippen molar-refractivity contribution in [1.29, 1.82) is 0 Å². The highest BCUT2D eigenvalue weighted by atomic mass is 16.7. The molecule has 2 rings (SSSR count). The molecule has 0 unspecified atom stereocenters. The van der Waals surface area contributed by atoms with Crippen LogP contribution in [-0.2, 0) is 0 Å². The van der Waals surface area contributed by atoms with E-state index < -0.39 is 12.1 Å². The van der Waals surface area contributed by atoms with Crippen molar-refractivity contribution in [2.24, 2.45) is 5.73 Å². The molecule has 0 bridgehead atoms. The zero-order chi connectivity index (χ0) is 13.1. The molecule has 0 saturated carbocycles. The predicted octanol–water partition coefficient (Wildman–Crippen LogP) is 1.58. The average molecular weight is 253 g/mol. The monoisotopic (exact) mass is 253 g/mol. The summed E-state index contributed by atoms with van der Waals surface area (Å²) in [5, 5.41) is 9.95. The van der Waals surface area contributed by atoms with Gasteiger partial charge in [-0.1, -0.05) is 13.3 Å². The van der Waals surface area contributed by atoms with Crippen LogP contribution in [-0.4, -0.2) is 25.1 Å². The smallest absolute Gasteiger partial charge is 0.231 e. The maximum Gasteiger partial charge on any atom is 0.231 e. The minimum absolute atomic E-state index is 0.182. The number of hydrogen-bond donors (Lipinski definition) is 2. The van der Waals surface area contributed by atoms with Gasteiger partial charge in [0.25, 0.3) is 0 Å². The van der Waals surface area contributed by atoms with E-state index in [1.54, 1.807) is 19.2 Å². The lowest BCUT2D eigenvalue weighted by molar-refractivity contribution is 0.134. The van der Waals surface area contributed by atoms with Gasteiger partial charge in [0.05, 0.1) is 19.3 Å². The van der Waals surface area contributed by atoms with Gasteiger partial charge in [0.1, 0.15) is 0 Å². The fourth-order valence-electron chi connectivity index (χ4n) is 2.04. The molecule has 1 heterocycles. The lowest BCUT2D eigenvalue weighted by Gasteiger charge is -2.19. The van der Waals surface area contributed by atoms with Gasteiger partial charge >= 0.3 is 0 Å². The molecule has 0 saturated heterocycles. The van der Waals surface area contributed by atoms with E-state index in [0.29, 0.717) is 23.7 Å². The van der Waals surface area contributed by atoms with Gasteiger partial charge in [-0.25, -0.2) is 0 Å². The number of rotatable bonds is 5. The number of benzene rings is 1. The zero-order valence-electron chi connectivity index (χ0n) is 10.7. The van der Waals surface area contributed by atoms with Crippen molar-refractivity contribution in [1.82, 2.24) is 0 Å². The summed E-state index contributed by atoms with van der Waals surface area (Å²) in [4.78, 5) is 0. The fraction of sp³-hybridized carbons (Fsp3) is 0.538. The summed E-state index contributed by atoms with van der Waals surface area (Å²) in [5.74, 6) is 1.79. The largest absolute Gasteiger partial charge is 0.493 e. The Kier molecular flexibility index (Phi) is 3.93. The van der Waals surface area contributed by atoms with Crippen LogP contribution in [0.3, 0.4) is 0 Å². The van der Waals surface area contributed by atoms with Crippen LogP contribution in [0.1, 0.15) is 31.4 Å². The normalized spacial score (nSPS) is 16.4. The molecule has 0 aliphatic carbocycles. The van der Waals surface area contributed by atoms with Crippen molar-refractivity contribution in [2.45, 2.75) is 31.9 Å². The number of methoxy groups -OCH3 is 1. The van der Waals surface area contributed by atoms with Crippen LogP contribution < -0.4 is 19.9 Å². The van der Waals surface area contributed by atoms with E-state index in [9.17, 15) is 5.11 Å². The summed E-state index contributed by atoms with van der Waals surface area (Å²) in [6.45, 7) is 2.19. The molecular weight excluding hydrogens is 234 g/mol. The molecule has 18 heavy (non-hydrogen) atoms. The number of aliphatic hydroxyl groups is 1. The Bertz CT molecular complexity index is 422. The van der Waals surface area contributed by atoms with Gasteiger partial charge in [-0.2, -0.15) is 0 Å². The summed E-state index contributed by atoms with van der Waals surface area (Å²) in [7, 11) is 1.56. The van der Waals surface area contributed by atoms with Gasteiger partial charge in [-0.15, -0.1) is 0 Å². The van der Waals surface area contributed by atoms with Crippen LogP contribution in [0.25, 0.3) is 0 Å². The number of fused-ring (bicyclic) bond motifs is 1. The molecule has 0 fully saturated rings. The predicted molar refractivity (Wildman–Crippen MR) is 67.0 cm³/mol. The van der Waals surface area contributed by atoms with Crippen molar-refractivity contribution in [2.75, 3.05) is 13.9 Å². The molecule has 0 spiro atoms. The molecular formula is C13H19NO4. The number of nitrogens with two attached hydrogens (primary N) is 1.